The minimum absolute atomic E-state index is 0.0167. The summed E-state index contributed by atoms with van der Waals surface area (Å²) in [5, 5.41) is 2.79. The molecule has 0 saturated carbocycles. The van der Waals surface area contributed by atoms with E-state index in [4.69, 9.17) is 4.74 Å². The smallest absolute Gasteiger partial charge is 0.264 e. The molecule has 24 heavy (non-hydrogen) atoms. The van der Waals surface area contributed by atoms with Crippen molar-refractivity contribution in [3.8, 4) is 5.75 Å². The number of aryl methyl sites for hydroxylation is 1. The number of fused-ring (bicyclic) bond motifs is 1. The van der Waals surface area contributed by atoms with Gasteiger partial charge >= 0.3 is 0 Å². The summed E-state index contributed by atoms with van der Waals surface area (Å²) >= 11 is 0. The third-order valence-corrected chi connectivity index (χ3v) is 3.86. The fourth-order valence-corrected chi connectivity index (χ4v) is 2.52. The Kier molecular flexibility index (Phi) is 4.46. The number of hydrogen-bond acceptors (Lipinski definition) is 3. The molecule has 0 fully saturated rings. The number of ether oxygens (including phenoxy) is 1. The molecule has 0 radical (unpaired) electrons. The minimum Gasteiger partial charge on any atom is -0.482 e. The normalized spacial score (nSPS) is 13.2. The number of nitrogens with zero attached hydrogens (tertiary/aromatic N) is 1. The van der Waals surface area contributed by atoms with Crippen LogP contribution in [0, 0.1) is 5.82 Å². The lowest BCUT2D eigenvalue weighted by atomic mass is 10.1. The van der Waals surface area contributed by atoms with Gasteiger partial charge in [-0.1, -0.05) is 12.1 Å². The molecule has 0 spiro atoms. The SMILES string of the molecule is CN1C(=O)COc2ccc(NC(=O)CCc3cccc(F)c3)cc21. The number of hydrogen-bond donors (Lipinski definition) is 1. The van der Waals surface area contributed by atoms with Gasteiger partial charge in [0.15, 0.2) is 6.61 Å². The van der Waals surface area contributed by atoms with Crippen LogP contribution >= 0.6 is 0 Å². The summed E-state index contributed by atoms with van der Waals surface area (Å²) in [5.41, 5.74) is 1.98. The summed E-state index contributed by atoms with van der Waals surface area (Å²) in [6.07, 6.45) is 0.696. The van der Waals surface area contributed by atoms with Crippen LogP contribution in [0.3, 0.4) is 0 Å². The van der Waals surface area contributed by atoms with Gasteiger partial charge in [0.2, 0.25) is 5.91 Å². The molecule has 124 valence electrons. The third-order valence-electron chi connectivity index (χ3n) is 3.86. The first-order valence-corrected chi connectivity index (χ1v) is 7.60. The number of anilines is 2. The Labute approximate surface area is 139 Å². The van der Waals surface area contributed by atoms with E-state index >= 15 is 0 Å². The van der Waals surface area contributed by atoms with Gasteiger partial charge in [0.1, 0.15) is 11.6 Å². The zero-order valence-corrected chi connectivity index (χ0v) is 13.2. The van der Waals surface area contributed by atoms with Crippen molar-refractivity contribution in [3.63, 3.8) is 0 Å². The van der Waals surface area contributed by atoms with Crippen molar-refractivity contribution in [2.24, 2.45) is 0 Å². The number of rotatable bonds is 4. The summed E-state index contributed by atoms with van der Waals surface area (Å²) in [6.45, 7) is 0.0167. The number of nitrogens with one attached hydrogen (secondary N) is 1. The van der Waals surface area contributed by atoms with Gasteiger partial charge < -0.3 is 15.0 Å². The van der Waals surface area contributed by atoms with Crippen LogP contribution in [0.25, 0.3) is 0 Å². The average Bonchev–Trinajstić information content (AvgIpc) is 2.57. The van der Waals surface area contributed by atoms with Crippen LogP contribution in [0.5, 0.6) is 5.75 Å². The first-order valence-electron chi connectivity index (χ1n) is 7.60. The van der Waals surface area contributed by atoms with E-state index in [2.05, 4.69) is 5.32 Å². The summed E-state index contributed by atoms with van der Waals surface area (Å²) in [7, 11) is 1.67. The van der Waals surface area contributed by atoms with Crippen LogP contribution in [0.15, 0.2) is 42.5 Å². The maximum Gasteiger partial charge on any atom is 0.264 e. The van der Waals surface area contributed by atoms with E-state index in [-0.39, 0.29) is 30.7 Å². The van der Waals surface area contributed by atoms with Crippen LogP contribution in [-0.2, 0) is 16.0 Å². The van der Waals surface area contributed by atoms with Crippen molar-refractivity contribution in [2.75, 3.05) is 23.9 Å². The van der Waals surface area contributed by atoms with Gasteiger partial charge in [-0.3, -0.25) is 9.59 Å². The summed E-state index contributed by atoms with van der Waals surface area (Å²) in [6, 6.07) is 11.3. The van der Waals surface area contributed by atoms with Crippen molar-refractivity contribution in [2.45, 2.75) is 12.8 Å². The molecule has 0 aromatic heterocycles. The van der Waals surface area contributed by atoms with E-state index in [1.54, 1.807) is 37.4 Å². The Morgan fingerprint density at radius 3 is 2.92 bits per heavy atom. The first kappa shape index (κ1) is 16.0. The maximum atomic E-state index is 13.1. The molecule has 1 aliphatic rings. The molecule has 2 aromatic rings. The Bertz CT molecular complexity index is 792. The molecular formula is C18H17FN2O3. The molecule has 0 atom stereocenters. The lowest BCUT2D eigenvalue weighted by molar-refractivity contribution is -0.121. The highest BCUT2D eigenvalue weighted by atomic mass is 19.1. The van der Waals surface area contributed by atoms with Crippen molar-refractivity contribution >= 4 is 23.2 Å². The van der Waals surface area contributed by atoms with E-state index in [0.29, 0.717) is 23.5 Å². The van der Waals surface area contributed by atoms with Gasteiger partial charge in [-0.05, 0) is 42.3 Å². The highest BCUT2D eigenvalue weighted by Crippen LogP contribution is 2.33. The lowest BCUT2D eigenvalue weighted by Crippen LogP contribution is -2.35. The van der Waals surface area contributed by atoms with E-state index in [1.807, 2.05) is 0 Å². The molecule has 1 aliphatic heterocycles. The number of halogens is 1. The van der Waals surface area contributed by atoms with Gasteiger partial charge in [0, 0.05) is 19.2 Å². The van der Waals surface area contributed by atoms with Crippen molar-refractivity contribution in [1.29, 1.82) is 0 Å². The molecule has 1 N–H and O–H groups in total. The zero-order valence-electron chi connectivity index (χ0n) is 13.2. The number of likely N-dealkylation sites (N-methyl/N-ethyl adjacent to an activating group) is 1. The molecular weight excluding hydrogens is 311 g/mol. The number of benzene rings is 2. The second-order valence-electron chi connectivity index (χ2n) is 5.60. The van der Waals surface area contributed by atoms with Crippen LogP contribution in [0.2, 0.25) is 0 Å². The Balaban J connectivity index is 1.63. The number of carbonyl (C=O) groups is 2. The van der Waals surface area contributed by atoms with Crippen LogP contribution in [0.4, 0.5) is 15.8 Å². The van der Waals surface area contributed by atoms with Crippen molar-refractivity contribution in [1.82, 2.24) is 0 Å². The molecule has 5 nitrogen and oxygen atoms in total. The maximum absolute atomic E-state index is 13.1. The molecule has 2 amide bonds. The van der Waals surface area contributed by atoms with Crippen molar-refractivity contribution < 1.29 is 18.7 Å². The quantitative estimate of drug-likeness (QED) is 0.939. The topological polar surface area (TPSA) is 58.6 Å². The Hall–Kier alpha value is -2.89. The predicted octanol–water partition coefficient (Wildman–Crippen LogP) is 2.75. The number of carbonyl (C=O) groups excluding carboxylic acids is 2. The van der Waals surface area contributed by atoms with Gasteiger partial charge in [0.05, 0.1) is 5.69 Å². The average molecular weight is 328 g/mol. The molecule has 3 rings (SSSR count). The predicted molar refractivity (Wildman–Crippen MR) is 88.7 cm³/mol. The van der Waals surface area contributed by atoms with Crippen LogP contribution < -0.4 is 15.0 Å². The minimum atomic E-state index is -0.310. The Morgan fingerprint density at radius 2 is 2.12 bits per heavy atom. The largest absolute Gasteiger partial charge is 0.482 e. The van der Waals surface area contributed by atoms with E-state index in [0.717, 1.165) is 5.56 Å². The molecule has 6 heteroatoms. The first-order chi connectivity index (χ1) is 11.5. The lowest BCUT2D eigenvalue weighted by Gasteiger charge is -2.26. The molecule has 2 aromatic carbocycles. The highest BCUT2D eigenvalue weighted by molar-refractivity contribution is 5.99. The summed E-state index contributed by atoms with van der Waals surface area (Å²) in [4.78, 5) is 25.2. The fraction of sp³-hybridized carbons (Fsp3) is 0.222. The van der Waals surface area contributed by atoms with E-state index in [1.165, 1.54) is 17.0 Å². The third kappa shape index (κ3) is 3.53. The zero-order chi connectivity index (χ0) is 17.1. The standard InChI is InChI=1S/C18H17FN2O3/c1-21-15-10-14(6-7-16(15)24-11-18(21)23)20-17(22)8-5-12-3-2-4-13(19)9-12/h2-4,6-7,9-10H,5,8,11H2,1H3,(H,20,22). The van der Waals surface area contributed by atoms with Gasteiger partial charge in [-0.25, -0.2) is 4.39 Å². The molecule has 0 bridgehead atoms. The van der Waals surface area contributed by atoms with E-state index in [9.17, 15) is 14.0 Å². The fourth-order valence-electron chi connectivity index (χ4n) is 2.52. The monoisotopic (exact) mass is 328 g/mol. The van der Waals surface area contributed by atoms with Gasteiger partial charge in [-0.15, -0.1) is 0 Å². The van der Waals surface area contributed by atoms with Crippen molar-refractivity contribution in [3.05, 3.63) is 53.8 Å². The van der Waals surface area contributed by atoms with Crippen LogP contribution in [-0.4, -0.2) is 25.5 Å². The second kappa shape index (κ2) is 6.70. The van der Waals surface area contributed by atoms with Gasteiger partial charge in [0.25, 0.3) is 5.91 Å². The molecule has 0 unspecified atom stereocenters. The number of amides is 2. The van der Waals surface area contributed by atoms with Gasteiger partial charge in [-0.2, -0.15) is 0 Å². The molecule has 1 heterocycles. The second-order valence-corrected chi connectivity index (χ2v) is 5.60. The Morgan fingerprint density at radius 1 is 1.29 bits per heavy atom. The summed E-state index contributed by atoms with van der Waals surface area (Å²) < 4.78 is 18.5. The highest BCUT2D eigenvalue weighted by Gasteiger charge is 2.22. The molecule has 0 aliphatic carbocycles. The van der Waals surface area contributed by atoms with Crippen LogP contribution in [0.1, 0.15) is 12.0 Å². The summed E-state index contributed by atoms with van der Waals surface area (Å²) in [5.74, 6) is -0.0211. The molecule has 0 saturated heterocycles. The van der Waals surface area contributed by atoms with E-state index < -0.39 is 0 Å².